The van der Waals surface area contributed by atoms with Gasteiger partial charge in [0.15, 0.2) is 17.6 Å². The van der Waals surface area contributed by atoms with Gasteiger partial charge in [-0.1, -0.05) is 36.4 Å². The maximum atomic E-state index is 12.8. The first-order chi connectivity index (χ1) is 14.4. The van der Waals surface area contributed by atoms with Crippen LogP contribution in [0.2, 0.25) is 0 Å². The van der Waals surface area contributed by atoms with Crippen molar-refractivity contribution in [2.45, 2.75) is 6.92 Å². The molecule has 30 heavy (non-hydrogen) atoms. The number of esters is 2. The fraction of sp³-hybridized carbons (Fsp3) is 0.182. The molecule has 0 unspecified atom stereocenters. The molecule has 1 amide bonds. The summed E-state index contributed by atoms with van der Waals surface area (Å²) in [5.41, 5.74) is 0.941. The average Bonchev–Trinajstić information content (AvgIpc) is 2.78. The van der Waals surface area contributed by atoms with Gasteiger partial charge in [-0.05, 0) is 19.1 Å². The second-order valence-electron chi connectivity index (χ2n) is 6.36. The van der Waals surface area contributed by atoms with Gasteiger partial charge in [-0.2, -0.15) is 0 Å². The highest BCUT2D eigenvalue weighted by Crippen LogP contribution is 2.27. The Labute approximate surface area is 171 Å². The lowest BCUT2D eigenvalue weighted by Gasteiger charge is -2.10. The van der Waals surface area contributed by atoms with Crippen molar-refractivity contribution in [3.05, 3.63) is 69.9 Å². The van der Waals surface area contributed by atoms with Gasteiger partial charge in [0.1, 0.15) is 17.9 Å². The van der Waals surface area contributed by atoms with Crippen molar-refractivity contribution in [2.75, 3.05) is 20.3 Å². The van der Waals surface area contributed by atoms with Crippen LogP contribution in [0.25, 0.3) is 22.3 Å². The Balaban J connectivity index is 1.90. The van der Waals surface area contributed by atoms with Crippen molar-refractivity contribution in [1.29, 1.82) is 0 Å². The fourth-order valence-electron chi connectivity index (χ4n) is 2.84. The van der Waals surface area contributed by atoms with E-state index in [-0.39, 0.29) is 28.5 Å². The van der Waals surface area contributed by atoms with Crippen LogP contribution >= 0.6 is 0 Å². The second kappa shape index (κ2) is 9.04. The van der Waals surface area contributed by atoms with E-state index in [1.807, 2.05) is 18.2 Å². The lowest BCUT2D eigenvalue weighted by atomic mass is 10.0. The number of nitrogens with one attached hydrogen (secondary N) is 1. The van der Waals surface area contributed by atoms with Crippen LogP contribution in [0, 0.1) is 6.92 Å². The molecule has 0 aliphatic rings. The zero-order chi connectivity index (χ0) is 21.7. The second-order valence-corrected chi connectivity index (χ2v) is 6.36. The molecule has 0 atom stereocenters. The Morgan fingerprint density at radius 3 is 2.47 bits per heavy atom. The summed E-state index contributed by atoms with van der Waals surface area (Å²) in [7, 11) is 1.19. The summed E-state index contributed by atoms with van der Waals surface area (Å²) < 4.78 is 15.4. The molecule has 0 saturated heterocycles. The first-order valence-corrected chi connectivity index (χ1v) is 9.05. The smallest absolute Gasteiger partial charge is 0.342 e. The molecular formula is C22H19NO7. The largest absolute Gasteiger partial charge is 0.468 e. The molecule has 0 radical (unpaired) electrons. The Morgan fingerprint density at radius 1 is 1.03 bits per heavy atom. The van der Waals surface area contributed by atoms with E-state index in [4.69, 9.17) is 9.15 Å². The van der Waals surface area contributed by atoms with Crippen LogP contribution in [-0.4, -0.2) is 38.1 Å². The Bertz CT molecular complexity index is 1170. The number of hydrogen-bond acceptors (Lipinski definition) is 7. The van der Waals surface area contributed by atoms with E-state index < -0.39 is 24.5 Å². The SMILES string of the molecule is COC(=O)CNC(=O)COC(=O)c1cccc2c(=O)c(C)c(-c3ccccc3)oc12. The van der Waals surface area contributed by atoms with Crippen molar-refractivity contribution in [3.8, 4) is 11.3 Å². The molecule has 0 fully saturated rings. The summed E-state index contributed by atoms with van der Waals surface area (Å²) in [6.45, 7) is 0.716. The first kappa shape index (κ1) is 20.8. The van der Waals surface area contributed by atoms with E-state index in [9.17, 15) is 19.2 Å². The highest BCUT2D eigenvalue weighted by atomic mass is 16.5. The molecule has 0 spiro atoms. The molecule has 154 valence electrons. The topological polar surface area (TPSA) is 112 Å². The molecule has 0 bridgehead atoms. The number of rotatable bonds is 6. The number of hydrogen-bond donors (Lipinski definition) is 1. The third-order valence-electron chi connectivity index (χ3n) is 4.39. The lowest BCUT2D eigenvalue weighted by molar-refractivity contribution is -0.141. The molecule has 0 aliphatic carbocycles. The lowest BCUT2D eigenvalue weighted by Crippen LogP contribution is -2.33. The van der Waals surface area contributed by atoms with Gasteiger partial charge in [0.05, 0.1) is 12.5 Å². The van der Waals surface area contributed by atoms with Gasteiger partial charge in [-0.25, -0.2) is 4.79 Å². The number of ether oxygens (including phenoxy) is 2. The minimum atomic E-state index is -0.833. The number of methoxy groups -OCH3 is 1. The summed E-state index contributed by atoms with van der Waals surface area (Å²) in [5.74, 6) is -1.78. The maximum absolute atomic E-state index is 12.8. The standard InChI is InChI=1S/C22H19NO7/c1-13-19(26)15-9-6-10-16(21(15)30-20(13)14-7-4-3-5-8-14)22(27)29-12-17(24)23-11-18(25)28-2/h3-10H,11-12H2,1-2H3,(H,23,24). The fourth-order valence-corrected chi connectivity index (χ4v) is 2.84. The summed E-state index contributed by atoms with van der Waals surface area (Å²) in [4.78, 5) is 48.1. The molecule has 8 nitrogen and oxygen atoms in total. The van der Waals surface area contributed by atoms with E-state index in [1.165, 1.54) is 19.2 Å². The molecule has 1 heterocycles. The van der Waals surface area contributed by atoms with Crippen molar-refractivity contribution < 1.29 is 28.3 Å². The third-order valence-corrected chi connectivity index (χ3v) is 4.39. The molecule has 0 aliphatic heterocycles. The molecule has 0 saturated carbocycles. The van der Waals surface area contributed by atoms with Gasteiger partial charge in [0.25, 0.3) is 5.91 Å². The van der Waals surface area contributed by atoms with Gasteiger partial charge in [0.2, 0.25) is 0 Å². The monoisotopic (exact) mass is 409 g/mol. The minimum Gasteiger partial charge on any atom is -0.468 e. The zero-order valence-corrected chi connectivity index (χ0v) is 16.4. The highest BCUT2D eigenvalue weighted by molar-refractivity contribution is 6.03. The van der Waals surface area contributed by atoms with Crippen molar-refractivity contribution in [2.24, 2.45) is 0 Å². The molecule has 3 rings (SSSR count). The number of carbonyl (C=O) groups is 3. The van der Waals surface area contributed by atoms with Crippen molar-refractivity contribution >= 4 is 28.8 Å². The van der Waals surface area contributed by atoms with Gasteiger partial charge in [-0.3, -0.25) is 14.4 Å². The van der Waals surface area contributed by atoms with Crippen LogP contribution in [0.3, 0.4) is 0 Å². The molecule has 3 aromatic rings. The van der Waals surface area contributed by atoms with Gasteiger partial charge >= 0.3 is 11.9 Å². The molecule has 2 aromatic carbocycles. The summed E-state index contributed by atoms with van der Waals surface area (Å²) in [6, 6.07) is 13.6. The Hall–Kier alpha value is -3.94. The zero-order valence-electron chi connectivity index (χ0n) is 16.4. The first-order valence-electron chi connectivity index (χ1n) is 9.05. The summed E-state index contributed by atoms with van der Waals surface area (Å²) >= 11 is 0. The predicted octanol–water partition coefficient (Wildman–Crippen LogP) is 2.21. The minimum absolute atomic E-state index is 0.0162. The molecular weight excluding hydrogens is 390 g/mol. The normalized spacial score (nSPS) is 10.5. The van der Waals surface area contributed by atoms with E-state index in [1.54, 1.807) is 25.1 Å². The number of fused-ring (bicyclic) bond motifs is 1. The van der Waals surface area contributed by atoms with Gasteiger partial charge < -0.3 is 19.2 Å². The summed E-state index contributed by atoms with van der Waals surface area (Å²) in [5, 5.41) is 2.49. The molecule has 1 N–H and O–H groups in total. The van der Waals surface area contributed by atoms with Crippen molar-refractivity contribution in [3.63, 3.8) is 0 Å². The van der Waals surface area contributed by atoms with Crippen LogP contribution in [0.5, 0.6) is 0 Å². The maximum Gasteiger partial charge on any atom is 0.342 e. The Kier molecular flexibility index (Phi) is 6.26. The highest BCUT2D eigenvalue weighted by Gasteiger charge is 2.20. The van der Waals surface area contributed by atoms with Crippen LogP contribution in [-0.2, 0) is 19.1 Å². The van der Waals surface area contributed by atoms with E-state index >= 15 is 0 Å². The number of benzene rings is 2. The van der Waals surface area contributed by atoms with E-state index in [2.05, 4.69) is 10.1 Å². The van der Waals surface area contributed by atoms with Crippen LogP contribution in [0.4, 0.5) is 0 Å². The summed E-state index contributed by atoms with van der Waals surface area (Å²) in [6.07, 6.45) is 0. The Morgan fingerprint density at radius 2 is 1.77 bits per heavy atom. The van der Waals surface area contributed by atoms with Crippen molar-refractivity contribution in [1.82, 2.24) is 5.32 Å². The number of carbonyl (C=O) groups excluding carboxylic acids is 3. The van der Waals surface area contributed by atoms with Crippen LogP contribution in [0.15, 0.2) is 57.7 Å². The molecule has 8 heteroatoms. The predicted molar refractivity (Wildman–Crippen MR) is 108 cm³/mol. The van der Waals surface area contributed by atoms with E-state index in [0.717, 1.165) is 0 Å². The number of amides is 1. The number of para-hydroxylation sites is 1. The van der Waals surface area contributed by atoms with Gasteiger partial charge in [-0.15, -0.1) is 0 Å². The van der Waals surface area contributed by atoms with Crippen LogP contribution in [0.1, 0.15) is 15.9 Å². The average molecular weight is 409 g/mol. The quantitative estimate of drug-likeness (QED) is 0.621. The third kappa shape index (κ3) is 4.38. The van der Waals surface area contributed by atoms with E-state index in [0.29, 0.717) is 16.9 Å². The molecule has 1 aromatic heterocycles. The van der Waals surface area contributed by atoms with Crippen LogP contribution < -0.4 is 10.7 Å². The van der Waals surface area contributed by atoms with Gasteiger partial charge in [0, 0.05) is 11.1 Å².